The molecular weight excluding hydrogens is 318 g/mol. The van der Waals surface area contributed by atoms with Crippen molar-refractivity contribution in [3.8, 4) is 0 Å². The van der Waals surface area contributed by atoms with Crippen LogP contribution in [0, 0.1) is 0 Å². The number of carbonyl (C=O) groups excluding carboxylic acids is 1. The summed E-state index contributed by atoms with van der Waals surface area (Å²) >= 11 is 5.82. The van der Waals surface area contributed by atoms with Crippen LogP contribution in [0.2, 0.25) is 5.02 Å². The molecule has 1 aliphatic heterocycles. The first-order chi connectivity index (χ1) is 9.78. The third-order valence-corrected chi connectivity index (χ3v) is 5.27. The number of hydrogen-bond acceptors (Lipinski definition) is 4. The molecular formula is C13H14ClNO5S. The fraction of sp³-hybridized carbons (Fsp3) is 0.385. The van der Waals surface area contributed by atoms with E-state index in [0.29, 0.717) is 5.02 Å². The molecule has 1 aromatic carbocycles. The highest BCUT2D eigenvalue weighted by molar-refractivity contribution is 7.91. The monoisotopic (exact) mass is 331 g/mol. The van der Waals surface area contributed by atoms with Gasteiger partial charge in [0, 0.05) is 16.6 Å². The summed E-state index contributed by atoms with van der Waals surface area (Å²) in [5, 5.41) is 9.31. The smallest absolute Gasteiger partial charge is 0.323 e. The Morgan fingerprint density at radius 1 is 1.38 bits per heavy atom. The third kappa shape index (κ3) is 3.95. The minimum atomic E-state index is -3.21. The van der Waals surface area contributed by atoms with Crippen LogP contribution < -0.4 is 0 Å². The van der Waals surface area contributed by atoms with E-state index in [1.807, 2.05) is 0 Å². The largest absolute Gasteiger partial charge is 0.480 e. The number of sulfone groups is 1. The molecule has 0 aliphatic carbocycles. The lowest BCUT2D eigenvalue weighted by molar-refractivity contribution is -0.138. The molecule has 2 rings (SSSR count). The quantitative estimate of drug-likeness (QED) is 0.890. The molecule has 1 saturated heterocycles. The van der Waals surface area contributed by atoms with E-state index in [1.54, 1.807) is 12.1 Å². The first-order valence-corrected chi connectivity index (χ1v) is 8.47. The van der Waals surface area contributed by atoms with Gasteiger partial charge in [0.05, 0.1) is 11.5 Å². The summed E-state index contributed by atoms with van der Waals surface area (Å²) < 4.78 is 23.1. The van der Waals surface area contributed by atoms with Crippen LogP contribution in [0.4, 0.5) is 0 Å². The Kier molecular flexibility index (Phi) is 4.53. The van der Waals surface area contributed by atoms with Gasteiger partial charge in [-0.3, -0.25) is 9.59 Å². The molecule has 1 heterocycles. The van der Waals surface area contributed by atoms with Crippen molar-refractivity contribution < 1.29 is 23.1 Å². The zero-order chi connectivity index (χ0) is 15.6. The number of benzene rings is 1. The molecule has 6 nitrogen and oxygen atoms in total. The Labute approximate surface area is 127 Å². The van der Waals surface area contributed by atoms with Crippen LogP contribution in [0.15, 0.2) is 24.3 Å². The number of carboxylic acid groups (broad SMARTS) is 1. The summed E-state index contributed by atoms with van der Waals surface area (Å²) in [6.07, 6.45) is 0.252. The van der Waals surface area contributed by atoms with Crippen LogP contribution in [-0.2, 0) is 14.6 Å². The molecule has 8 heteroatoms. The zero-order valence-electron chi connectivity index (χ0n) is 11.0. The van der Waals surface area contributed by atoms with Crippen molar-refractivity contribution in [3.63, 3.8) is 0 Å². The molecule has 1 aromatic rings. The lowest BCUT2D eigenvalue weighted by atomic mass is 10.1. The highest BCUT2D eigenvalue weighted by Gasteiger charge is 2.35. The molecule has 0 bridgehead atoms. The molecule has 1 N–H and O–H groups in total. The molecule has 0 spiro atoms. The molecule has 1 fully saturated rings. The number of nitrogens with zero attached hydrogens (tertiary/aromatic N) is 1. The minimum Gasteiger partial charge on any atom is -0.480 e. The summed E-state index contributed by atoms with van der Waals surface area (Å²) in [6, 6.07) is 5.52. The first kappa shape index (κ1) is 15.8. The Hall–Kier alpha value is -1.60. The molecule has 0 radical (unpaired) electrons. The van der Waals surface area contributed by atoms with Crippen LogP contribution in [0.5, 0.6) is 0 Å². The number of amides is 1. The average Bonchev–Trinajstić information content (AvgIpc) is 2.75. The van der Waals surface area contributed by atoms with Gasteiger partial charge in [-0.05, 0) is 24.6 Å². The number of carboxylic acids is 1. The van der Waals surface area contributed by atoms with E-state index in [0.717, 1.165) is 4.90 Å². The van der Waals surface area contributed by atoms with Crippen LogP contribution in [-0.4, -0.2) is 54.4 Å². The highest BCUT2D eigenvalue weighted by atomic mass is 35.5. The van der Waals surface area contributed by atoms with E-state index < -0.39 is 34.3 Å². The maximum absolute atomic E-state index is 12.4. The van der Waals surface area contributed by atoms with Gasteiger partial charge in [-0.2, -0.15) is 0 Å². The third-order valence-electron chi connectivity index (χ3n) is 3.29. The summed E-state index contributed by atoms with van der Waals surface area (Å²) in [7, 11) is -3.21. The fourth-order valence-corrected chi connectivity index (χ4v) is 4.24. The van der Waals surface area contributed by atoms with E-state index in [-0.39, 0.29) is 23.5 Å². The lowest BCUT2D eigenvalue weighted by Gasteiger charge is -2.26. The second kappa shape index (κ2) is 6.03. The normalized spacial score (nSPS) is 20.1. The maximum atomic E-state index is 12.4. The molecule has 1 unspecified atom stereocenters. The van der Waals surface area contributed by atoms with Gasteiger partial charge in [-0.25, -0.2) is 8.42 Å². The van der Waals surface area contributed by atoms with E-state index in [9.17, 15) is 18.0 Å². The van der Waals surface area contributed by atoms with Crippen molar-refractivity contribution in [3.05, 3.63) is 34.9 Å². The summed E-state index contributed by atoms with van der Waals surface area (Å²) in [5.74, 6) is -1.94. The Morgan fingerprint density at radius 3 is 2.62 bits per heavy atom. The Balaban J connectivity index is 2.28. The number of aliphatic carboxylic acids is 1. The predicted molar refractivity (Wildman–Crippen MR) is 77.2 cm³/mol. The standard InChI is InChI=1S/C13H14ClNO5S/c14-10-3-1-2-9(6-10)13(18)15(7-12(16)17)11-4-5-21(19,20)8-11/h1-3,6,11H,4-5,7-8H2,(H,16,17). The van der Waals surface area contributed by atoms with Gasteiger partial charge in [0.15, 0.2) is 9.84 Å². The van der Waals surface area contributed by atoms with E-state index in [4.69, 9.17) is 16.7 Å². The number of rotatable bonds is 4. The van der Waals surface area contributed by atoms with E-state index >= 15 is 0 Å². The van der Waals surface area contributed by atoms with Crippen molar-refractivity contribution in [1.29, 1.82) is 0 Å². The predicted octanol–water partition coefficient (Wildman–Crippen LogP) is 1.05. The molecule has 0 saturated carbocycles. The average molecular weight is 332 g/mol. The van der Waals surface area contributed by atoms with Gasteiger partial charge in [0.1, 0.15) is 6.54 Å². The topological polar surface area (TPSA) is 91.8 Å². The molecule has 1 amide bonds. The first-order valence-electron chi connectivity index (χ1n) is 6.27. The van der Waals surface area contributed by atoms with Crippen LogP contribution >= 0.6 is 11.6 Å². The van der Waals surface area contributed by atoms with Gasteiger partial charge in [0.2, 0.25) is 0 Å². The molecule has 114 valence electrons. The van der Waals surface area contributed by atoms with Gasteiger partial charge in [-0.15, -0.1) is 0 Å². The maximum Gasteiger partial charge on any atom is 0.323 e. The SMILES string of the molecule is O=C(O)CN(C(=O)c1cccc(Cl)c1)C1CCS(=O)(=O)C1. The Morgan fingerprint density at radius 2 is 2.10 bits per heavy atom. The molecule has 1 atom stereocenters. The van der Waals surface area contributed by atoms with Crippen LogP contribution in [0.1, 0.15) is 16.8 Å². The summed E-state index contributed by atoms with van der Waals surface area (Å²) in [5.41, 5.74) is 0.244. The molecule has 21 heavy (non-hydrogen) atoms. The van der Waals surface area contributed by atoms with Gasteiger partial charge >= 0.3 is 5.97 Å². The fourth-order valence-electron chi connectivity index (χ4n) is 2.32. The number of hydrogen-bond donors (Lipinski definition) is 1. The van der Waals surface area contributed by atoms with Gasteiger partial charge < -0.3 is 10.0 Å². The van der Waals surface area contributed by atoms with Crippen molar-refractivity contribution in [1.82, 2.24) is 4.90 Å². The second-order valence-electron chi connectivity index (χ2n) is 4.89. The van der Waals surface area contributed by atoms with E-state index in [2.05, 4.69) is 0 Å². The molecule has 1 aliphatic rings. The lowest BCUT2D eigenvalue weighted by Crippen LogP contribution is -2.44. The summed E-state index contributed by atoms with van der Waals surface area (Å²) in [6.45, 7) is -0.536. The van der Waals surface area contributed by atoms with Crippen LogP contribution in [0.3, 0.4) is 0 Å². The second-order valence-corrected chi connectivity index (χ2v) is 7.56. The minimum absolute atomic E-state index is 0.0311. The summed E-state index contributed by atoms with van der Waals surface area (Å²) in [4.78, 5) is 24.5. The van der Waals surface area contributed by atoms with Crippen molar-refractivity contribution >= 4 is 33.3 Å². The number of carbonyl (C=O) groups is 2. The van der Waals surface area contributed by atoms with Crippen molar-refractivity contribution in [2.24, 2.45) is 0 Å². The van der Waals surface area contributed by atoms with Gasteiger partial charge in [0.25, 0.3) is 5.91 Å². The van der Waals surface area contributed by atoms with Crippen molar-refractivity contribution in [2.75, 3.05) is 18.1 Å². The Bertz CT molecular complexity index is 673. The van der Waals surface area contributed by atoms with Crippen molar-refractivity contribution in [2.45, 2.75) is 12.5 Å². The van der Waals surface area contributed by atoms with Gasteiger partial charge in [-0.1, -0.05) is 17.7 Å². The van der Waals surface area contributed by atoms with Crippen LogP contribution in [0.25, 0.3) is 0 Å². The number of halogens is 1. The highest BCUT2D eigenvalue weighted by Crippen LogP contribution is 2.21. The molecule has 0 aromatic heterocycles. The zero-order valence-corrected chi connectivity index (χ0v) is 12.6. The van der Waals surface area contributed by atoms with E-state index in [1.165, 1.54) is 12.1 Å².